The highest BCUT2D eigenvalue weighted by molar-refractivity contribution is 8.32. The van der Waals surface area contributed by atoms with Gasteiger partial charge in [-0.3, -0.25) is 0 Å². The molecule has 0 amide bonds. The Labute approximate surface area is 244 Å². The summed E-state index contributed by atoms with van der Waals surface area (Å²) in [6.07, 6.45) is 24.5. The zero-order valence-electron chi connectivity index (χ0n) is 25.2. The van der Waals surface area contributed by atoms with Crippen molar-refractivity contribution in [2.45, 2.75) is 154 Å². The first-order chi connectivity index (χ1) is 18.0. The van der Waals surface area contributed by atoms with Gasteiger partial charge in [0.05, 0.1) is 0 Å². The summed E-state index contributed by atoms with van der Waals surface area (Å²) < 4.78 is 0.0411. The number of benzene rings is 1. The van der Waals surface area contributed by atoms with Gasteiger partial charge in [-0.05, 0) is 79.2 Å². The zero-order chi connectivity index (χ0) is 27.2. The quantitative estimate of drug-likeness (QED) is 0.0934. The van der Waals surface area contributed by atoms with E-state index in [0.717, 1.165) is 11.1 Å². The summed E-state index contributed by atoms with van der Waals surface area (Å²) in [6.45, 7) is 11.0. The summed E-state index contributed by atoms with van der Waals surface area (Å²) in [5.74, 6) is 4.18. The van der Waals surface area contributed by atoms with E-state index in [4.69, 9.17) is 0 Å². The van der Waals surface area contributed by atoms with Gasteiger partial charge in [0.15, 0.2) is 0 Å². The number of phenolic OH excluding ortho intramolecular Hbond substituents is 1. The number of aryl methyl sites for hydroxylation is 2. The van der Waals surface area contributed by atoms with Crippen LogP contribution in [-0.4, -0.2) is 22.4 Å². The Morgan fingerprint density at radius 1 is 0.514 bits per heavy atom. The van der Waals surface area contributed by atoms with Gasteiger partial charge in [0.25, 0.3) is 0 Å². The van der Waals surface area contributed by atoms with Gasteiger partial charge in [-0.1, -0.05) is 117 Å². The zero-order valence-corrected chi connectivity index (χ0v) is 27.6. The molecule has 1 nitrogen and oxygen atoms in total. The molecule has 0 saturated carbocycles. The van der Waals surface area contributed by atoms with Gasteiger partial charge in [0.1, 0.15) is 9.16 Å². The maximum absolute atomic E-state index is 10.5. The van der Waals surface area contributed by atoms with Crippen LogP contribution >= 0.6 is 35.3 Å². The van der Waals surface area contributed by atoms with Gasteiger partial charge in [-0.15, -0.1) is 35.3 Å². The molecular formula is C33H60OS3. The molecule has 4 heteroatoms. The Hall–Kier alpha value is 0.0700. The second-order valence-corrected chi connectivity index (χ2v) is 15.6. The van der Waals surface area contributed by atoms with Crippen LogP contribution in [0.15, 0.2) is 12.1 Å². The molecule has 0 bridgehead atoms. The number of rotatable bonds is 25. The van der Waals surface area contributed by atoms with Crippen molar-refractivity contribution in [2.24, 2.45) is 0 Å². The van der Waals surface area contributed by atoms with Crippen LogP contribution < -0.4 is 0 Å². The normalized spacial score (nSPS) is 11.9. The Kier molecular flexibility index (Phi) is 21.7. The minimum Gasteiger partial charge on any atom is -0.507 e. The first-order valence-corrected chi connectivity index (χ1v) is 18.7. The predicted octanol–water partition coefficient (Wildman–Crippen LogP) is 12.4. The number of hydrogen-bond donors (Lipinski definition) is 1. The maximum Gasteiger partial charge on any atom is 0.132 e. The molecule has 1 aromatic carbocycles. The number of hydrogen-bond acceptors (Lipinski definition) is 4. The lowest BCUT2D eigenvalue weighted by atomic mass is 10.1. The molecule has 216 valence electrons. The monoisotopic (exact) mass is 568 g/mol. The van der Waals surface area contributed by atoms with E-state index in [2.05, 4.69) is 82.0 Å². The molecular weight excluding hydrogens is 509 g/mol. The van der Waals surface area contributed by atoms with Gasteiger partial charge in [0.2, 0.25) is 0 Å². The molecule has 0 unspecified atom stereocenters. The third-order valence-corrected chi connectivity index (χ3v) is 12.7. The molecule has 0 aliphatic heterocycles. The summed E-state index contributed by atoms with van der Waals surface area (Å²) in [7, 11) is 0. The molecule has 0 aromatic heterocycles. The summed E-state index contributed by atoms with van der Waals surface area (Å²) in [5, 5.41) is 10.5. The van der Waals surface area contributed by atoms with Crippen LogP contribution in [0.1, 0.15) is 153 Å². The fraction of sp³-hybridized carbons (Fsp3) is 0.818. The smallest absolute Gasteiger partial charge is 0.132 e. The highest BCUT2D eigenvalue weighted by Crippen LogP contribution is 2.56. The molecule has 0 saturated heterocycles. The Morgan fingerprint density at radius 3 is 1.14 bits per heavy atom. The average Bonchev–Trinajstić information content (AvgIpc) is 2.89. The van der Waals surface area contributed by atoms with Crippen LogP contribution in [0.3, 0.4) is 0 Å². The van der Waals surface area contributed by atoms with Gasteiger partial charge in [-0.2, -0.15) is 0 Å². The van der Waals surface area contributed by atoms with E-state index in [9.17, 15) is 5.11 Å². The SMILES string of the molecule is CCCCCCCCSC(SCCCCCCCC)(SCCCCCCCC)c1cc(C)c(O)c(C)c1. The standard InChI is InChI=1S/C33H60OS3/c1-6-9-12-15-18-21-24-35-33(36-25-22-19-16-13-10-7-2,37-26-23-20-17-14-11-8-3)31-27-29(4)32(34)30(5)28-31/h27-28,34H,6-26H2,1-5H3. The second kappa shape index (κ2) is 22.8. The van der Waals surface area contributed by atoms with E-state index in [-0.39, 0.29) is 3.41 Å². The lowest BCUT2D eigenvalue weighted by Crippen LogP contribution is -2.17. The number of thioether (sulfide) groups is 3. The van der Waals surface area contributed by atoms with Crippen molar-refractivity contribution in [1.82, 2.24) is 0 Å². The minimum absolute atomic E-state index is 0.0411. The summed E-state index contributed by atoms with van der Waals surface area (Å²) in [6, 6.07) is 4.58. The highest BCUT2D eigenvalue weighted by atomic mass is 32.3. The predicted molar refractivity (Wildman–Crippen MR) is 177 cm³/mol. The summed E-state index contributed by atoms with van der Waals surface area (Å²) in [4.78, 5) is 0. The van der Waals surface area contributed by atoms with Crippen molar-refractivity contribution in [3.8, 4) is 5.75 Å². The Bertz CT molecular complexity index is 607. The fourth-order valence-corrected chi connectivity index (χ4v) is 9.98. The van der Waals surface area contributed by atoms with E-state index in [1.165, 1.54) is 138 Å². The van der Waals surface area contributed by atoms with Crippen LogP contribution in [0, 0.1) is 13.8 Å². The van der Waals surface area contributed by atoms with Gasteiger partial charge < -0.3 is 5.11 Å². The van der Waals surface area contributed by atoms with E-state index in [1.54, 1.807) is 0 Å². The first-order valence-electron chi connectivity index (χ1n) is 15.7. The number of aromatic hydroxyl groups is 1. The molecule has 0 spiro atoms. The van der Waals surface area contributed by atoms with Gasteiger partial charge in [-0.25, -0.2) is 0 Å². The largest absolute Gasteiger partial charge is 0.507 e. The molecule has 1 aromatic rings. The van der Waals surface area contributed by atoms with Crippen LogP contribution in [-0.2, 0) is 3.41 Å². The average molecular weight is 569 g/mol. The first kappa shape index (κ1) is 35.1. The van der Waals surface area contributed by atoms with Crippen molar-refractivity contribution in [3.63, 3.8) is 0 Å². The van der Waals surface area contributed by atoms with Crippen molar-refractivity contribution in [1.29, 1.82) is 0 Å². The molecule has 1 N–H and O–H groups in total. The van der Waals surface area contributed by atoms with Crippen LogP contribution in [0.5, 0.6) is 5.75 Å². The minimum atomic E-state index is 0.0411. The molecule has 0 heterocycles. The Balaban J connectivity index is 2.92. The lowest BCUT2D eigenvalue weighted by molar-refractivity contribution is 0.466. The fourth-order valence-electron chi connectivity index (χ4n) is 4.77. The Morgan fingerprint density at radius 2 is 0.811 bits per heavy atom. The van der Waals surface area contributed by atoms with Crippen LogP contribution in [0.25, 0.3) is 0 Å². The van der Waals surface area contributed by atoms with Crippen molar-refractivity contribution >= 4 is 35.3 Å². The van der Waals surface area contributed by atoms with E-state index >= 15 is 0 Å². The van der Waals surface area contributed by atoms with Gasteiger partial charge >= 0.3 is 0 Å². The number of phenols is 1. The molecule has 0 fully saturated rings. The summed E-state index contributed by atoms with van der Waals surface area (Å²) in [5.41, 5.74) is 3.47. The van der Waals surface area contributed by atoms with Crippen LogP contribution in [0.2, 0.25) is 0 Å². The van der Waals surface area contributed by atoms with Crippen molar-refractivity contribution < 1.29 is 5.11 Å². The van der Waals surface area contributed by atoms with E-state index < -0.39 is 0 Å². The lowest BCUT2D eigenvalue weighted by Gasteiger charge is -2.34. The van der Waals surface area contributed by atoms with E-state index in [0.29, 0.717) is 5.75 Å². The molecule has 0 aliphatic rings. The van der Waals surface area contributed by atoms with Crippen molar-refractivity contribution in [2.75, 3.05) is 17.3 Å². The van der Waals surface area contributed by atoms with Gasteiger partial charge in [0, 0.05) is 0 Å². The van der Waals surface area contributed by atoms with E-state index in [1.807, 2.05) is 0 Å². The molecule has 0 aliphatic carbocycles. The molecule has 0 radical (unpaired) electrons. The van der Waals surface area contributed by atoms with Crippen molar-refractivity contribution in [3.05, 3.63) is 28.8 Å². The molecule has 37 heavy (non-hydrogen) atoms. The summed E-state index contributed by atoms with van der Waals surface area (Å²) >= 11 is 6.59. The topological polar surface area (TPSA) is 20.2 Å². The number of unbranched alkanes of at least 4 members (excludes halogenated alkanes) is 15. The third kappa shape index (κ3) is 15.4. The molecule has 1 rings (SSSR count). The van der Waals surface area contributed by atoms with Crippen LogP contribution in [0.4, 0.5) is 0 Å². The third-order valence-electron chi connectivity index (χ3n) is 7.21. The molecule has 0 atom stereocenters. The maximum atomic E-state index is 10.5. The highest BCUT2D eigenvalue weighted by Gasteiger charge is 2.34. The second-order valence-electron chi connectivity index (χ2n) is 10.9.